The van der Waals surface area contributed by atoms with E-state index in [0.717, 1.165) is 11.1 Å². The van der Waals surface area contributed by atoms with E-state index in [9.17, 15) is 4.79 Å². The molecule has 0 aromatic heterocycles. The van der Waals surface area contributed by atoms with Crippen LogP contribution in [0.3, 0.4) is 0 Å². The molecule has 1 aromatic carbocycles. The summed E-state index contributed by atoms with van der Waals surface area (Å²) in [5.41, 5.74) is 6.95. The molecule has 15 heavy (non-hydrogen) atoms. The highest BCUT2D eigenvalue weighted by Gasteiger charge is 2.01. The van der Waals surface area contributed by atoms with Gasteiger partial charge in [-0.25, -0.2) is 0 Å². The lowest BCUT2D eigenvalue weighted by Gasteiger charge is -1.97. The third-order valence-electron chi connectivity index (χ3n) is 2.01. The predicted molar refractivity (Wildman–Crippen MR) is 61.6 cm³/mol. The average Bonchev–Trinajstić information content (AvgIpc) is 2.29. The van der Waals surface area contributed by atoms with Gasteiger partial charge in [0.05, 0.1) is 0 Å². The van der Waals surface area contributed by atoms with E-state index in [1.807, 2.05) is 31.2 Å². The van der Waals surface area contributed by atoms with Gasteiger partial charge in [0.1, 0.15) is 0 Å². The number of hydrogen-bond donors (Lipinski definition) is 1. The molecule has 0 atom stereocenters. The molecule has 0 fully saturated rings. The third-order valence-corrected chi connectivity index (χ3v) is 2.01. The first-order valence-corrected chi connectivity index (χ1v) is 5.10. The van der Waals surface area contributed by atoms with E-state index in [1.54, 1.807) is 0 Å². The zero-order valence-corrected chi connectivity index (χ0v) is 8.92. The van der Waals surface area contributed by atoms with Crippen molar-refractivity contribution < 1.29 is 4.79 Å². The van der Waals surface area contributed by atoms with Crippen LogP contribution in [0.1, 0.15) is 35.7 Å². The standard InChI is InChI=1S/C13H15NO/c1-2-13(15)12-8-5-7-11(10-12)6-3-4-9-14/h5,7-8,10H,2,4,9,14H2,1H3. The van der Waals surface area contributed by atoms with Crippen LogP contribution < -0.4 is 5.73 Å². The van der Waals surface area contributed by atoms with Crippen LogP contribution in [0.15, 0.2) is 24.3 Å². The number of hydrogen-bond acceptors (Lipinski definition) is 2. The van der Waals surface area contributed by atoms with Crippen molar-refractivity contribution in [3.63, 3.8) is 0 Å². The maximum Gasteiger partial charge on any atom is 0.162 e. The minimum Gasteiger partial charge on any atom is -0.330 e. The molecule has 0 amide bonds. The SMILES string of the molecule is CCC(=O)c1cccc(C#CCCN)c1. The number of Topliss-reactive ketones (excluding diaryl/α,β-unsaturated/α-hetero) is 1. The lowest BCUT2D eigenvalue weighted by molar-refractivity contribution is 0.0988. The predicted octanol–water partition coefficient (Wildman–Crippen LogP) is 1.98. The summed E-state index contributed by atoms with van der Waals surface area (Å²) in [6.45, 7) is 2.43. The highest BCUT2D eigenvalue weighted by atomic mass is 16.1. The Balaban J connectivity index is 2.84. The minimum absolute atomic E-state index is 0.150. The average molecular weight is 201 g/mol. The molecule has 0 radical (unpaired) electrons. The molecule has 2 nitrogen and oxygen atoms in total. The number of rotatable bonds is 3. The number of ketones is 1. The first-order chi connectivity index (χ1) is 7.27. The molecule has 0 aliphatic rings. The van der Waals surface area contributed by atoms with Crippen LogP contribution >= 0.6 is 0 Å². The maximum atomic E-state index is 11.4. The molecule has 0 saturated heterocycles. The molecule has 78 valence electrons. The van der Waals surface area contributed by atoms with Crippen molar-refractivity contribution >= 4 is 5.78 Å². The lowest BCUT2D eigenvalue weighted by atomic mass is 10.1. The van der Waals surface area contributed by atoms with Crippen molar-refractivity contribution in [3.8, 4) is 11.8 Å². The second-order valence-electron chi connectivity index (χ2n) is 3.20. The van der Waals surface area contributed by atoms with Crippen LogP contribution in [-0.4, -0.2) is 12.3 Å². The van der Waals surface area contributed by atoms with Crippen LogP contribution in [0, 0.1) is 11.8 Å². The van der Waals surface area contributed by atoms with Crippen molar-refractivity contribution in [1.29, 1.82) is 0 Å². The molecule has 0 aliphatic carbocycles. The Morgan fingerprint density at radius 1 is 1.47 bits per heavy atom. The van der Waals surface area contributed by atoms with Gasteiger partial charge < -0.3 is 5.73 Å². The third kappa shape index (κ3) is 3.57. The molecule has 0 saturated carbocycles. The second-order valence-corrected chi connectivity index (χ2v) is 3.20. The van der Waals surface area contributed by atoms with Crippen molar-refractivity contribution in [2.24, 2.45) is 5.73 Å². The summed E-state index contributed by atoms with van der Waals surface area (Å²) in [5, 5.41) is 0. The monoisotopic (exact) mass is 201 g/mol. The smallest absolute Gasteiger partial charge is 0.162 e. The zero-order chi connectivity index (χ0) is 11.1. The largest absolute Gasteiger partial charge is 0.330 e. The van der Waals surface area contributed by atoms with Gasteiger partial charge in [0.25, 0.3) is 0 Å². The molecule has 2 heteroatoms. The molecule has 0 unspecified atom stereocenters. The summed E-state index contributed by atoms with van der Waals surface area (Å²) in [4.78, 5) is 11.4. The van der Waals surface area contributed by atoms with Gasteiger partial charge in [0.2, 0.25) is 0 Å². The fourth-order valence-electron chi connectivity index (χ4n) is 1.21. The van der Waals surface area contributed by atoms with Crippen LogP contribution in [-0.2, 0) is 0 Å². The van der Waals surface area contributed by atoms with Crippen molar-refractivity contribution in [3.05, 3.63) is 35.4 Å². The van der Waals surface area contributed by atoms with Crippen LogP contribution in [0.2, 0.25) is 0 Å². The summed E-state index contributed by atoms with van der Waals surface area (Å²) >= 11 is 0. The molecular weight excluding hydrogens is 186 g/mol. The van der Waals surface area contributed by atoms with Gasteiger partial charge in [-0.1, -0.05) is 30.9 Å². The van der Waals surface area contributed by atoms with E-state index in [2.05, 4.69) is 11.8 Å². The van der Waals surface area contributed by atoms with E-state index in [1.165, 1.54) is 0 Å². The van der Waals surface area contributed by atoms with E-state index >= 15 is 0 Å². The summed E-state index contributed by atoms with van der Waals surface area (Å²) < 4.78 is 0. The Labute approximate surface area is 90.5 Å². The Bertz CT molecular complexity index is 398. The van der Waals surface area contributed by atoms with Gasteiger partial charge in [-0.15, -0.1) is 0 Å². The Hall–Kier alpha value is -1.59. The number of carbonyl (C=O) groups is 1. The van der Waals surface area contributed by atoms with Crippen LogP contribution in [0.5, 0.6) is 0 Å². The fourth-order valence-corrected chi connectivity index (χ4v) is 1.21. The molecular formula is C13H15NO. The lowest BCUT2D eigenvalue weighted by Crippen LogP contribution is -1.97. The highest BCUT2D eigenvalue weighted by molar-refractivity contribution is 5.96. The van der Waals surface area contributed by atoms with Gasteiger partial charge in [0.15, 0.2) is 5.78 Å². The Kier molecular flexibility index (Phi) is 4.59. The maximum absolute atomic E-state index is 11.4. The quantitative estimate of drug-likeness (QED) is 0.600. The summed E-state index contributed by atoms with van der Waals surface area (Å²) in [6.07, 6.45) is 1.21. The molecule has 1 aromatic rings. The van der Waals surface area contributed by atoms with E-state index in [-0.39, 0.29) is 5.78 Å². The van der Waals surface area contributed by atoms with Gasteiger partial charge in [-0.2, -0.15) is 0 Å². The molecule has 0 aliphatic heterocycles. The summed E-state index contributed by atoms with van der Waals surface area (Å²) in [6, 6.07) is 7.40. The normalized spacial score (nSPS) is 9.20. The van der Waals surface area contributed by atoms with Crippen molar-refractivity contribution in [1.82, 2.24) is 0 Å². The molecule has 2 N–H and O–H groups in total. The van der Waals surface area contributed by atoms with Crippen LogP contribution in [0.25, 0.3) is 0 Å². The molecule has 0 spiro atoms. The highest BCUT2D eigenvalue weighted by Crippen LogP contribution is 2.06. The first-order valence-electron chi connectivity index (χ1n) is 5.10. The van der Waals surface area contributed by atoms with Crippen LogP contribution in [0.4, 0.5) is 0 Å². The van der Waals surface area contributed by atoms with Crippen molar-refractivity contribution in [2.45, 2.75) is 19.8 Å². The Morgan fingerprint density at radius 3 is 2.93 bits per heavy atom. The first kappa shape index (κ1) is 11.5. The Morgan fingerprint density at radius 2 is 2.27 bits per heavy atom. The summed E-state index contributed by atoms with van der Waals surface area (Å²) in [7, 11) is 0. The molecule has 1 rings (SSSR count). The minimum atomic E-state index is 0.150. The molecule has 0 heterocycles. The fraction of sp³-hybridized carbons (Fsp3) is 0.308. The van der Waals surface area contributed by atoms with Gasteiger partial charge in [-0.05, 0) is 12.1 Å². The number of carbonyl (C=O) groups excluding carboxylic acids is 1. The van der Waals surface area contributed by atoms with E-state index < -0.39 is 0 Å². The van der Waals surface area contributed by atoms with Crippen molar-refractivity contribution in [2.75, 3.05) is 6.54 Å². The number of nitrogens with two attached hydrogens (primary N) is 1. The van der Waals surface area contributed by atoms with E-state index in [4.69, 9.17) is 5.73 Å². The summed E-state index contributed by atoms with van der Waals surface area (Å²) in [5.74, 6) is 6.08. The topological polar surface area (TPSA) is 43.1 Å². The van der Waals surface area contributed by atoms with Gasteiger partial charge in [0, 0.05) is 30.5 Å². The van der Waals surface area contributed by atoms with E-state index in [0.29, 0.717) is 19.4 Å². The van der Waals surface area contributed by atoms with Gasteiger partial charge >= 0.3 is 0 Å². The number of benzene rings is 1. The van der Waals surface area contributed by atoms with Gasteiger partial charge in [-0.3, -0.25) is 4.79 Å². The molecule has 0 bridgehead atoms. The second kappa shape index (κ2) is 6.00. The zero-order valence-electron chi connectivity index (χ0n) is 8.92.